The third kappa shape index (κ3) is 3.98. The number of carbonyl (C=O) groups is 1. The van der Waals surface area contributed by atoms with E-state index in [9.17, 15) is 22.0 Å². The molecule has 2 heterocycles. The second-order valence-electron chi connectivity index (χ2n) is 8.57. The highest BCUT2D eigenvalue weighted by atomic mass is 32.2. The van der Waals surface area contributed by atoms with E-state index in [1.54, 1.807) is 13.8 Å². The number of carbonyl (C=O) groups excluding carboxylic acids is 1. The number of benzene rings is 1. The fraction of sp³-hybridized carbons (Fsp3) is 0.409. The van der Waals surface area contributed by atoms with Crippen LogP contribution in [0.1, 0.15) is 49.3 Å². The van der Waals surface area contributed by atoms with Crippen molar-refractivity contribution in [2.45, 2.75) is 44.4 Å². The predicted octanol–water partition coefficient (Wildman–Crippen LogP) is 3.20. The minimum absolute atomic E-state index is 0.0437. The summed E-state index contributed by atoms with van der Waals surface area (Å²) in [5, 5.41) is 0. The summed E-state index contributed by atoms with van der Waals surface area (Å²) >= 11 is 0. The maximum Gasteiger partial charge on any atom is 0.185 e. The topological polar surface area (TPSA) is 102 Å². The monoisotopic (exact) mass is 449 g/mol. The quantitative estimate of drug-likeness (QED) is 0.706. The minimum atomic E-state index is -3.76. The third-order valence-electron chi connectivity index (χ3n) is 6.08. The zero-order valence-electron chi connectivity index (χ0n) is 17.8. The summed E-state index contributed by atoms with van der Waals surface area (Å²) in [6.07, 6.45) is 0.831. The minimum Gasteiger partial charge on any atom is -0.386 e. The van der Waals surface area contributed by atoms with E-state index in [2.05, 4.69) is 9.98 Å². The molecule has 0 amide bonds. The number of nitrogens with two attached hydrogens (primary N) is 1. The summed E-state index contributed by atoms with van der Waals surface area (Å²) in [7, 11) is -3.76. The third-order valence-corrected chi connectivity index (χ3v) is 9.00. The van der Waals surface area contributed by atoms with E-state index in [0.717, 1.165) is 12.3 Å². The van der Waals surface area contributed by atoms with Crippen LogP contribution in [0.25, 0.3) is 0 Å². The first-order chi connectivity index (χ1) is 14.3. The molecule has 2 atom stereocenters. The Morgan fingerprint density at radius 3 is 2.42 bits per heavy atom. The number of ketones is 1. The van der Waals surface area contributed by atoms with Crippen LogP contribution in [0.2, 0.25) is 0 Å². The van der Waals surface area contributed by atoms with Crippen LogP contribution < -0.4 is 5.73 Å². The SMILES string of the molecule is CC(C)[C@@]1(C)C(N)=N[C@](C)(c2cc(CC(=O)c3ccc(F)cn3)ccc2F)CS1(=O)=O. The second kappa shape index (κ2) is 7.78. The van der Waals surface area contributed by atoms with Crippen molar-refractivity contribution in [3.63, 3.8) is 0 Å². The molecule has 2 N–H and O–H groups in total. The van der Waals surface area contributed by atoms with Crippen LogP contribution in [0.5, 0.6) is 0 Å². The van der Waals surface area contributed by atoms with E-state index in [1.165, 1.54) is 38.1 Å². The highest BCUT2D eigenvalue weighted by molar-refractivity contribution is 7.93. The van der Waals surface area contributed by atoms with Crippen molar-refractivity contribution in [3.8, 4) is 0 Å². The first kappa shape index (κ1) is 23.0. The molecule has 166 valence electrons. The van der Waals surface area contributed by atoms with Crippen LogP contribution in [0.3, 0.4) is 0 Å². The molecule has 1 aromatic carbocycles. The van der Waals surface area contributed by atoms with Crippen molar-refractivity contribution in [1.82, 2.24) is 4.98 Å². The molecule has 0 unspecified atom stereocenters. The lowest BCUT2D eigenvalue weighted by atomic mass is 9.89. The van der Waals surface area contributed by atoms with Gasteiger partial charge in [0.1, 0.15) is 33.4 Å². The Morgan fingerprint density at radius 1 is 1.19 bits per heavy atom. The van der Waals surface area contributed by atoms with Crippen LogP contribution in [-0.2, 0) is 21.8 Å². The van der Waals surface area contributed by atoms with Crippen molar-refractivity contribution in [2.24, 2.45) is 16.6 Å². The molecule has 0 fully saturated rings. The summed E-state index contributed by atoms with van der Waals surface area (Å²) in [6, 6.07) is 6.45. The number of aliphatic imine (C=N–C) groups is 1. The Balaban J connectivity index is 2.01. The molecule has 2 aromatic rings. The molecular weight excluding hydrogens is 424 g/mol. The fourth-order valence-electron chi connectivity index (χ4n) is 3.79. The lowest BCUT2D eigenvalue weighted by Gasteiger charge is -2.42. The summed E-state index contributed by atoms with van der Waals surface area (Å²) in [4.78, 5) is 20.7. The highest BCUT2D eigenvalue weighted by Crippen LogP contribution is 2.41. The lowest BCUT2D eigenvalue weighted by molar-refractivity contribution is 0.0988. The van der Waals surface area contributed by atoms with Gasteiger partial charge in [0.15, 0.2) is 15.6 Å². The molecule has 1 aliphatic heterocycles. The van der Waals surface area contributed by atoms with Crippen molar-refractivity contribution < 1.29 is 22.0 Å². The van der Waals surface area contributed by atoms with E-state index < -0.39 is 37.5 Å². The van der Waals surface area contributed by atoms with Crippen LogP contribution >= 0.6 is 0 Å². The number of aromatic nitrogens is 1. The largest absolute Gasteiger partial charge is 0.386 e. The van der Waals surface area contributed by atoms with Crippen LogP contribution in [0.15, 0.2) is 41.5 Å². The van der Waals surface area contributed by atoms with Gasteiger partial charge in [0, 0.05) is 12.0 Å². The molecule has 0 saturated carbocycles. The molecular formula is C22H25F2N3O3S. The molecule has 0 saturated heterocycles. The van der Waals surface area contributed by atoms with E-state index in [0.29, 0.717) is 5.56 Å². The number of halogens is 2. The Bertz CT molecular complexity index is 1160. The van der Waals surface area contributed by atoms with E-state index >= 15 is 0 Å². The number of rotatable bonds is 5. The number of Topliss-reactive ketones (excluding diaryl/α,β-unsaturated/α-hetero) is 1. The summed E-state index contributed by atoms with van der Waals surface area (Å²) in [5.74, 6) is -2.37. The van der Waals surface area contributed by atoms with Crippen LogP contribution in [-0.4, -0.2) is 35.5 Å². The Hall–Kier alpha value is -2.68. The van der Waals surface area contributed by atoms with Gasteiger partial charge in [-0.15, -0.1) is 0 Å². The Labute approximate surface area is 180 Å². The molecule has 0 bridgehead atoms. The van der Waals surface area contributed by atoms with Gasteiger partial charge >= 0.3 is 0 Å². The van der Waals surface area contributed by atoms with Gasteiger partial charge in [-0.05, 0) is 49.6 Å². The maximum absolute atomic E-state index is 14.8. The molecule has 0 spiro atoms. The van der Waals surface area contributed by atoms with Crippen molar-refractivity contribution in [3.05, 3.63) is 65.0 Å². The van der Waals surface area contributed by atoms with Gasteiger partial charge in [0.25, 0.3) is 0 Å². The van der Waals surface area contributed by atoms with Gasteiger partial charge in [-0.25, -0.2) is 17.2 Å². The highest BCUT2D eigenvalue weighted by Gasteiger charge is 2.53. The van der Waals surface area contributed by atoms with E-state index in [-0.39, 0.29) is 35.2 Å². The summed E-state index contributed by atoms with van der Waals surface area (Å²) in [6.45, 7) is 6.55. The first-order valence-corrected chi connectivity index (χ1v) is 11.5. The van der Waals surface area contributed by atoms with Crippen LogP contribution in [0.4, 0.5) is 8.78 Å². The Morgan fingerprint density at radius 2 is 1.87 bits per heavy atom. The van der Waals surface area contributed by atoms with E-state index in [1.807, 2.05) is 0 Å². The first-order valence-electron chi connectivity index (χ1n) is 9.82. The van der Waals surface area contributed by atoms with Gasteiger partial charge in [-0.1, -0.05) is 19.9 Å². The Kier molecular flexibility index (Phi) is 5.77. The molecule has 31 heavy (non-hydrogen) atoms. The number of hydrogen-bond acceptors (Lipinski definition) is 6. The standard InChI is InChI=1S/C22H25F2N3O3S/c1-13(2)22(4)20(25)27-21(3,12-31(22,29)30)16-9-14(5-7-17(16)24)10-19(28)18-8-6-15(23)11-26-18/h5-9,11,13H,10,12H2,1-4H3,(H2,25,27)/t21-,22-/m0/s1. The van der Waals surface area contributed by atoms with Crippen LogP contribution in [0, 0.1) is 17.6 Å². The van der Waals surface area contributed by atoms with Gasteiger partial charge in [-0.2, -0.15) is 0 Å². The fourth-order valence-corrected chi connectivity index (χ4v) is 6.14. The lowest BCUT2D eigenvalue weighted by Crippen LogP contribution is -2.59. The molecule has 3 rings (SSSR count). The average molecular weight is 450 g/mol. The molecule has 9 heteroatoms. The number of hydrogen-bond donors (Lipinski definition) is 1. The molecule has 0 aliphatic carbocycles. The smallest absolute Gasteiger partial charge is 0.185 e. The summed E-state index contributed by atoms with van der Waals surface area (Å²) in [5.41, 5.74) is 5.26. The van der Waals surface area contributed by atoms with Crippen molar-refractivity contribution in [1.29, 1.82) is 0 Å². The molecule has 1 aliphatic rings. The predicted molar refractivity (Wildman–Crippen MR) is 115 cm³/mol. The number of sulfone groups is 1. The van der Waals surface area contributed by atoms with Gasteiger partial charge < -0.3 is 5.73 Å². The van der Waals surface area contributed by atoms with Gasteiger partial charge in [0.05, 0.1) is 11.9 Å². The van der Waals surface area contributed by atoms with Crippen molar-refractivity contribution >= 4 is 21.5 Å². The number of pyridine rings is 1. The molecule has 0 radical (unpaired) electrons. The zero-order chi connectivity index (χ0) is 23.2. The normalized spacial score (nSPS) is 25.3. The van der Waals surface area contributed by atoms with Gasteiger partial charge in [0.2, 0.25) is 0 Å². The average Bonchev–Trinajstić information content (AvgIpc) is 2.67. The number of nitrogens with zero attached hydrogens (tertiary/aromatic N) is 2. The van der Waals surface area contributed by atoms with Gasteiger partial charge in [-0.3, -0.25) is 14.8 Å². The van der Waals surface area contributed by atoms with Crippen molar-refractivity contribution in [2.75, 3.05) is 5.75 Å². The molecule has 6 nitrogen and oxygen atoms in total. The number of amidine groups is 1. The maximum atomic E-state index is 14.8. The molecule has 1 aromatic heterocycles. The summed E-state index contributed by atoms with van der Waals surface area (Å²) < 4.78 is 52.8. The second-order valence-corrected chi connectivity index (χ2v) is 10.9. The van der Waals surface area contributed by atoms with E-state index in [4.69, 9.17) is 5.73 Å². The zero-order valence-corrected chi connectivity index (χ0v) is 18.6.